The van der Waals surface area contributed by atoms with Gasteiger partial charge in [0.05, 0.1) is 12.7 Å². The first-order chi connectivity index (χ1) is 11.5. The van der Waals surface area contributed by atoms with Gasteiger partial charge in [0.25, 0.3) is 0 Å². The number of β-amino-alcohol motifs (C(OH)–C–C–N with tert-alkyl or cyclic N) is 1. The zero-order chi connectivity index (χ0) is 17.0. The molecule has 2 fully saturated rings. The molecular weight excluding hydrogens is 300 g/mol. The van der Waals surface area contributed by atoms with Crippen LogP contribution in [0.4, 0.5) is 0 Å². The Hall–Kier alpha value is -0.940. The number of likely N-dealkylation sites (tertiary alicyclic amines) is 1. The topological polar surface area (TPSA) is 35.9 Å². The van der Waals surface area contributed by atoms with E-state index in [1.165, 1.54) is 18.4 Å². The summed E-state index contributed by atoms with van der Waals surface area (Å²) in [6.45, 7) is 10.7. The third-order valence-corrected chi connectivity index (χ3v) is 5.55. The van der Waals surface area contributed by atoms with Crippen LogP contribution >= 0.6 is 0 Å². The van der Waals surface area contributed by atoms with E-state index in [0.29, 0.717) is 0 Å². The van der Waals surface area contributed by atoms with Gasteiger partial charge in [-0.2, -0.15) is 0 Å². The van der Waals surface area contributed by atoms with Gasteiger partial charge in [0, 0.05) is 26.2 Å². The third kappa shape index (κ3) is 4.57. The minimum Gasteiger partial charge on any atom is -0.390 e. The van der Waals surface area contributed by atoms with Crippen LogP contribution in [-0.4, -0.2) is 66.9 Å². The Morgan fingerprint density at radius 1 is 1.12 bits per heavy atom. The number of morpholine rings is 1. The van der Waals surface area contributed by atoms with Gasteiger partial charge in [-0.1, -0.05) is 37.3 Å². The Morgan fingerprint density at radius 2 is 1.79 bits per heavy atom. The minimum absolute atomic E-state index is 0.278. The average molecular weight is 332 g/mol. The van der Waals surface area contributed by atoms with Crippen LogP contribution in [0.5, 0.6) is 0 Å². The van der Waals surface area contributed by atoms with E-state index in [4.69, 9.17) is 4.74 Å². The van der Waals surface area contributed by atoms with E-state index < -0.39 is 0 Å². The van der Waals surface area contributed by atoms with Gasteiger partial charge < -0.3 is 14.7 Å². The van der Waals surface area contributed by atoms with Crippen molar-refractivity contribution in [2.75, 3.05) is 45.9 Å². The highest BCUT2D eigenvalue weighted by atomic mass is 16.5. The van der Waals surface area contributed by atoms with Crippen molar-refractivity contribution in [3.05, 3.63) is 35.9 Å². The number of rotatable bonds is 5. The first-order valence-corrected chi connectivity index (χ1v) is 9.37. The van der Waals surface area contributed by atoms with E-state index in [-0.39, 0.29) is 11.7 Å². The molecule has 0 aliphatic carbocycles. The van der Waals surface area contributed by atoms with E-state index in [1.807, 2.05) is 6.07 Å². The molecule has 1 aromatic rings. The van der Waals surface area contributed by atoms with Crippen molar-refractivity contribution >= 4 is 0 Å². The number of nitrogens with zero attached hydrogens (tertiary/aromatic N) is 2. The number of aliphatic hydroxyl groups is 1. The second-order valence-electron chi connectivity index (χ2n) is 7.82. The summed E-state index contributed by atoms with van der Waals surface area (Å²) in [5.74, 6) is 0.837. The third-order valence-electron chi connectivity index (χ3n) is 5.55. The SMILES string of the molecule is CC1CCN(CC(O)CN2CCOC(C)(c3ccccc3)C2)CC1. The Labute approximate surface area is 146 Å². The quantitative estimate of drug-likeness (QED) is 0.898. The van der Waals surface area contributed by atoms with Gasteiger partial charge in [0.1, 0.15) is 5.60 Å². The van der Waals surface area contributed by atoms with Crippen LogP contribution in [-0.2, 0) is 10.3 Å². The van der Waals surface area contributed by atoms with Crippen LogP contribution in [0.25, 0.3) is 0 Å². The highest BCUT2D eigenvalue weighted by Crippen LogP contribution is 2.29. The predicted molar refractivity (Wildman–Crippen MR) is 97.0 cm³/mol. The molecule has 4 heteroatoms. The van der Waals surface area contributed by atoms with E-state index in [2.05, 4.69) is 47.9 Å². The summed E-state index contributed by atoms with van der Waals surface area (Å²) < 4.78 is 6.09. The summed E-state index contributed by atoms with van der Waals surface area (Å²) in [5, 5.41) is 10.5. The fourth-order valence-corrected chi connectivity index (χ4v) is 3.97. The second-order valence-corrected chi connectivity index (χ2v) is 7.82. The molecule has 4 nitrogen and oxygen atoms in total. The molecular formula is C20H32N2O2. The van der Waals surface area contributed by atoms with Gasteiger partial charge in [0.15, 0.2) is 0 Å². The van der Waals surface area contributed by atoms with Gasteiger partial charge >= 0.3 is 0 Å². The summed E-state index contributed by atoms with van der Waals surface area (Å²) in [7, 11) is 0. The van der Waals surface area contributed by atoms with Crippen LogP contribution in [0.15, 0.2) is 30.3 Å². The molecule has 0 radical (unpaired) electrons. The summed E-state index contributed by atoms with van der Waals surface area (Å²) in [6.07, 6.45) is 2.24. The van der Waals surface area contributed by atoms with E-state index in [0.717, 1.165) is 51.8 Å². The molecule has 134 valence electrons. The molecule has 3 rings (SSSR count). The molecule has 0 amide bonds. The standard InChI is InChI=1S/C20H32N2O2/c1-17-8-10-21(11-9-17)14-19(23)15-22-12-13-24-20(2,16-22)18-6-4-3-5-7-18/h3-7,17,19,23H,8-16H2,1-2H3. The molecule has 2 heterocycles. The van der Waals surface area contributed by atoms with Gasteiger partial charge in [-0.15, -0.1) is 0 Å². The van der Waals surface area contributed by atoms with Crippen molar-refractivity contribution in [2.45, 2.75) is 38.4 Å². The average Bonchev–Trinajstić information content (AvgIpc) is 2.58. The predicted octanol–water partition coefficient (Wildman–Crippen LogP) is 2.33. The van der Waals surface area contributed by atoms with E-state index >= 15 is 0 Å². The molecule has 0 aromatic heterocycles. The Kier molecular flexibility index (Phi) is 5.93. The molecule has 2 unspecified atom stereocenters. The van der Waals surface area contributed by atoms with Crippen LogP contribution < -0.4 is 0 Å². The lowest BCUT2D eigenvalue weighted by atomic mass is 9.93. The summed E-state index contributed by atoms with van der Waals surface area (Å²) >= 11 is 0. The first-order valence-electron chi connectivity index (χ1n) is 9.37. The molecule has 0 saturated carbocycles. The lowest BCUT2D eigenvalue weighted by molar-refractivity contribution is -0.110. The van der Waals surface area contributed by atoms with E-state index in [1.54, 1.807) is 0 Å². The maximum Gasteiger partial charge on any atom is 0.103 e. The van der Waals surface area contributed by atoms with Crippen LogP contribution in [0.3, 0.4) is 0 Å². The lowest BCUT2D eigenvalue weighted by Gasteiger charge is -2.42. The highest BCUT2D eigenvalue weighted by Gasteiger charge is 2.34. The number of hydrogen-bond donors (Lipinski definition) is 1. The van der Waals surface area contributed by atoms with Crippen LogP contribution in [0.1, 0.15) is 32.3 Å². The molecule has 2 saturated heterocycles. The second kappa shape index (κ2) is 7.96. The summed E-state index contributed by atoms with van der Waals surface area (Å²) in [5.41, 5.74) is 0.939. The smallest absolute Gasteiger partial charge is 0.103 e. The normalized spacial score (nSPS) is 28.8. The molecule has 1 aromatic carbocycles. The minimum atomic E-state index is -0.281. The lowest BCUT2D eigenvalue weighted by Crippen LogP contribution is -2.51. The van der Waals surface area contributed by atoms with Gasteiger partial charge in [-0.25, -0.2) is 0 Å². The fourth-order valence-electron chi connectivity index (χ4n) is 3.97. The molecule has 2 aliphatic heterocycles. The highest BCUT2D eigenvalue weighted by molar-refractivity contribution is 5.22. The molecule has 2 aliphatic rings. The molecule has 1 N–H and O–H groups in total. The maximum absolute atomic E-state index is 10.5. The zero-order valence-electron chi connectivity index (χ0n) is 15.2. The van der Waals surface area contributed by atoms with Gasteiger partial charge in [0.2, 0.25) is 0 Å². The van der Waals surface area contributed by atoms with E-state index in [9.17, 15) is 5.11 Å². The maximum atomic E-state index is 10.5. The molecule has 2 atom stereocenters. The van der Waals surface area contributed by atoms with Crippen molar-refractivity contribution < 1.29 is 9.84 Å². The number of ether oxygens (including phenoxy) is 1. The largest absolute Gasteiger partial charge is 0.390 e. The molecule has 24 heavy (non-hydrogen) atoms. The number of aliphatic hydroxyl groups excluding tert-OH is 1. The van der Waals surface area contributed by atoms with Crippen molar-refractivity contribution in [3.8, 4) is 0 Å². The zero-order valence-corrected chi connectivity index (χ0v) is 15.2. The molecule has 0 spiro atoms. The Balaban J connectivity index is 1.51. The Bertz CT molecular complexity index is 502. The Morgan fingerprint density at radius 3 is 2.50 bits per heavy atom. The number of piperidine rings is 1. The number of hydrogen-bond acceptors (Lipinski definition) is 4. The number of benzene rings is 1. The first kappa shape index (κ1) is 17.9. The molecule has 0 bridgehead atoms. The van der Waals surface area contributed by atoms with Crippen molar-refractivity contribution in [1.82, 2.24) is 9.80 Å². The van der Waals surface area contributed by atoms with Crippen molar-refractivity contribution in [1.29, 1.82) is 0 Å². The van der Waals surface area contributed by atoms with Gasteiger partial charge in [-0.05, 0) is 44.3 Å². The van der Waals surface area contributed by atoms with Crippen molar-refractivity contribution in [3.63, 3.8) is 0 Å². The summed E-state index contributed by atoms with van der Waals surface area (Å²) in [4.78, 5) is 4.77. The monoisotopic (exact) mass is 332 g/mol. The van der Waals surface area contributed by atoms with Crippen LogP contribution in [0.2, 0.25) is 0 Å². The fraction of sp³-hybridized carbons (Fsp3) is 0.700. The van der Waals surface area contributed by atoms with Crippen LogP contribution in [0, 0.1) is 5.92 Å². The van der Waals surface area contributed by atoms with Gasteiger partial charge in [-0.3, -0.25) is 4.90 Å². The van der Waals surface area contributed by atoms with Crippen molar-refractivity contribution in [2.24, 2.45) is 5.92 Å². The summed E-state index contributed by atoms with van der Waals surface area (Å²) in [6, 6.07) is 10.4.